The Kier molecular flexibility index (Phi) is 10.00. The number of likely N-dealkylation sites (N-methyl/N-ethyl adjacent to an activating group) is 1. The minimum absolute atomic E-state index is 0.0114. The van der Waals surface area contributed by atoms with Crippen molar-refractivity contribution in [2.24, 2.45) is 5.92 Å². The Labute approximate surface area is 229 Å². The third-order valence-electron chi connectivity index (χ3n) is 6.48. The number of carbonyl (C=O) groups excluding carboxylic acids is 3. The number of rotatable bonds is 8. The number of hydrogen-bond donors (Lipinski definition) is 4. The molecule has 0 bridgehead atoms. The Hall–Kier alpha value is -3.99. The third-order valence-corrected chi connectivity index (χ3v) is 6.48. The summed E-state index contributed by atoms with van der Waals surface area (Å²) < 4.78 is 11.4. The Bertz CT molecular complexity index is 1160. The van der Waals surface area contributed by atoms with E-state index in [1.54, 1.807) is 73.3 Å². The van der Waals surface area contributed by atoms with Gasteiger partial charge in [-0.05, 0) is 63.2 Å². The summed E-state index contributed by atoms with van der Waals surface area (Å²) in [6.07, 6.45) is -0.426. The van der Waals surface area contributed by atoms with E-state index in [1.807, 2.05) is 20.8 Å². The van der Waals surface area contributed by atoms with Crippen LogP contribution in [0.15, 0.2) is 42.5 Å². The van der Waals surface area contributed by atoms with Crippen LogP contribution in [0, 0.1) is 5.92 Å². The summed E-state index contributed by atoms with van der Waals surface area (Å²) in [7, 11) is 3.26. The monoisotopic (exact) mass is 541 g/mol. The molecule has 3 rings (SSSR count). The summed E-state index contributed by atoms with van der Waals surface area (Å²) in [6.45, 7) is 7.90. The Morgan fingerprint density at radius 2 is 1.77 bits per heavy atom. The van der Waals surface area contributed by atoms with Crippen molar-refractivity contribution in [2.75, 3.05) is 44.5 Å². The van der Waals surface area contributed by atoms with E-state index in [0.29, 0.717) is 36.0 Å². The zero-order chi connectivity index (χ0) is 28.7. The maximum atomic E-state index is 13.6. The van der Waals surface area contributed by atoms with Gasteiger partial charge in [0, 0.05) is 36.9 Å². The molecule has 1 heterocycles. The predicted molar refractivity (Wildman–Crippen MR) is 150 cm³/mol. The number of ether oxygens (including phenoxy) is 2. The molecule has 2 aromatic rings. The van der Waals surface area contributed by atoms with E-state index < -0.39 is 18.2 Å². The van der Waals surface area contributed by atoms with Crippen molar-refractivity contribution in [3.63, 3.8) is 0 Å². The van der Waals surface area contributed by atoms with Crippen molar-refractivity contribution in [1.82, 2.24) is 15.1 Å². The second-order valence-electron chi connectivity index (χ2n) is 10.1. The van der Waals surface area contributed by atoms with E-state index in [1.165, 1.54) is 0 Å². The molecular weight excluding hydrogens is 502 g/mol. The second kappa shape index (κ2) is 13.2. The molecule has 3 atom stereocenters. The van der Waals surface area contributed by atoms with Crippen LogP contribution in [0.25, 0.3) is 0 Å². The summed E-state index contributed by atoms with van der Waals surface area (Å²) in [4.78, 5) is 41.9. The van der Waals surface area contributed by atoms with E-state index in [9.17, 15) is 19.5 Å². The lowest BCUT2D eigenvalue weighted by molar-refractivity contribution is 0.0366. The lowest BCUT2D eigenvalue weighted by Crippen LogP contribution is -2.51. The van der Waals surface area contributed by atoms with Crippen LogP contribution in [0.3, 0.4) is 0 Å². The molecule has 0 saturated carbocycles. The summed E-state index contributed by atoms with van der Waals surface area (Å²) in [6, 6.07) is 10.6. The molecule has 39 heavy (non-hydrogen) atoms. The van der Waals surface area contributed by atoms with E-state index in [-0.39, 0.29) is 36.1 Å². The fourth-order valence-electron chi connectivity index (χ4n) is 4.20. The number of benzene rings is 2. The maximum absolute atomic E-state index is 13.6. The predicted octanol–water partition coefficient (Wildman–Crippen LogP) is 3.61. The Morgan fingerprint density at radius 3 is 2.38 bits per heavy atom. The highest BCUT2D eigenvalue weighted by molar-refractivity contribution is 6.02. The summed E-state index contributed by atoms with van der Waals surface area (Å²) in [5, 5.41) is 18.2. The molecule has 1 aliphatic rings. The molecule has 212 valence electrons. The minimum atomic E-state index is -0.482. The number of nitrogens with zero attached hydrogens (tertiary/aromatic N) is 2. The number of urea groups is 2. The SMILES string of the molecule is COc1ccc(NC(=O)Nc2ccc3c(c2)C(=O)N([C@H](C)CO)C[C@H](C)[C@@H](CN(C)C(=O)NC(C)C)O3)cc1. The van der Waals surface area contributed by atoms with Crippen LogP contribution >= 0.6 is 0 Å². The lowest BCUT2D eigenvalue weighted by Gasteiger charge is -2.38. The summed E-state index contributed by atoms with van der Waals surface area (Å²) in [5.41, 5.74) is 1.22. The van der Waals surface area contributed by atoms with Crippen LogP contribution in [0.4, 0.5) is 21.0 Å². The van der Waals surface area contributed by atoms with Gasteiger partial charge < -0.3 is 40.3 Å². The molecule has 0 aliphatic carbocycles. The quantitative estimate of drug-likeness (QED) is 0.404. The molecule has 0 spiro atoms. The van der Waals surface area contributed by atoms with Crippen molar-refractivity contribution in [3.05, 3.63) is 48.0 Å². The molecule has 0 unspecified atom stereocenters. The first kappa shape index (κ1) is 29.6. The Morgan fingerprint density at radius 1 is 1.13 bits per heavy atom. The zero-order valence-corrected chi connectivity index (χ0v) is 23.4. The number of nitrogens with one attached hydrogen (secondary N) is 3. The van der Waals surface area contributed by atoms with Gasteiger partial charge in [-0.1, -0.05) is 6.92 Å². The van der Waals surface area contributed by atoms with Gasteiger partial charge in [0.25, 0.3) is 5.91 Å². The number of aliphatic hydroxyl groups is 1. The Balaban J connectivity index is 1.85. The van der Waals surface area contributed by atoms with Gasteiger partial charge >= 0.3 is 12.1 Å². The molecule has 0 fully saturated rings. The summed E-state index contributed by atoms with van der Waals surface area (Å²) in [5.74, 6) is 0.549. The number of carbonyl (C=O) groups is 3. The van der Waals surface area contributed by atoms with Crippen molar-refractivity contribution in [3.8, 4) is 11.5 Å². The highest BCUT2D eigenvalue weighted by atomic mass is 16.5. The smallest absolute Gasteiger partial charge is 0.323 e. The van der Waals surface area contributed by atoms with Gasteiger partial charge in [-0.15, -0.1) is 0 Å². The fraction of sp³-hybridized carbons (Fsp3) is 0.464. The van der Waals surface area contributed by atoms with Gasteiger partial charge in [-0.25, -0.2) is 9.59 Å². The molecular formula is C28H39N5O6. The number of hydrogen-bond acceptors (Lipinski definition) is 6. The van der Waals surface area contributed by atoms with Gasteiger partial charge in [-0.3, -0.25) is 4.79 Å². The van der Waals surface area contributed by atoms with E-state index in [2.05, 4.69) is 16.0 Å². The molecule has 11 nitrogen and oxygen atoms in total. The molecule has 1 aliphatic heterocycles. The van der Waals surface area contributed by atoms with Crippen molar-refractivity contribution in [2.45, 2.75) is 45.9 Å². The number of methoxy groups -OCH3 is 1. The molecule has 5 amide bonds. The van der Waals surface area contributed by atoms with Gasteiger partial charge in [-0.2, -0.15) is 0 Å². The standard InChI is InChI=1S/C28H39N5O6/c1-17(2)29-28(37)32(5)15-25-18(3)14-33(19(4)16-34)26(35)23-13-21(9-12-24(23)39-25)31-27(36)30-20-7-10-22(38-6)11-8-20/h7-13,17-19,25,34H,14-16H2,1-6H3,(H,29,37)(H2,30,31,36)/t18-,19+,25+/m0/s1. The maximum Gasteiger partial charge on any atom is 0.323 e. The van der Waals surface area contributed by atoms with Gasteiger partial charge in [0.15, 0.2) is 0 Å². The van der Waals surface area contributed by atoms with Crippen molar-refractivity contribution in [1.29, 1.82) is 0 Å². The fourth-order valence-corrected chi connectivity index (χ4v) is 4.20. The van der Waals surface area contributed by atoms with Crippen LogP contribution in [-0.2, 0) is 0 Å². The average Bonchev–Trinajstić information content (AvgIpc) is 2.90. The average molecular weight is 542 g/mol. The second-order valence-corrected chi connectivity index (χ2v) is 10.1. The van der Waals surface area contributed by atoms with Crippen LogP contribution in [0.1, 0.15) is 38.1 Å². The van der Waals surface area contributed by atoms with Crippen LogP contribution in [-0.4, -0.2) is 84.9 Å². The number of anilines is 2. The molecule has 11 heteroatoms. The number of fused-ring (bicyclic) bond motifs is 1. The first-order valence-electron chi connectivity index (χ1n) is 13.0. The lowest BCUT2D eigenvalue weighted by atomic mass is 9.99. The highest BCUT2D eigenvalue weighted by Gasteiger charge is 2.34. The first-order chi connectivity index (χ1) is 18.5. The molecule has 0 radical (unpaired) electrons. The molecule has 0 saturated heterocycles. The molecule has 0 aromatic heterocycles. The molecule has 2 aromatic carbocycles. The number of aliphatic hydroxyl groups excluding tert-OH is 1. The number of amides is 5. The van der Waals surface area contributed by atoms with Crippen LogP contribution in [0.2, 0.25) is 0 Å². The largest absolute Gasteiger partial charge is 0.497 e. The van der Waals surface area contributed by atoms with Gasteiger partial charge in [0.2, 0.25) is 0 Å². The van der Waals surface area contributed by atoms with Gasteiger partial charge in [0.1, 0.15) is 17.6 Å². The topological polar surface area (TPSA) is 132 Å². The third kappa shape index (κ3) is 7.76. The van der Waals surface area contributed by atoms with Crippen molar-refractivity contribution >= 4 is 29.3 Å². The first-order valence-corrected chi connectivity index (χ1v) is 13.0. The highest BCUT2D eigenvalue weighted by Crippen LogP contribution is 2.31. The van der Waals surface area contributed by atoms with Crippen molar-refractivity contribution < 1.29 is 29.0 Å². The van der Waals surface area contributed by atoms with E-state index in [0.717, 1.165) is 0 Å². The van der Waals surface area contributed by atoms with E-state index in [4.69, 9.17) is 9.47 Å². The summed E-state index contributed by atoms with van der Waals surface area (Å²) >= 11 is 0. The van der Waals surface area contributed by atoms with Gasteiger partial charge in [0.05, 0.1) is 31.9 Å². The van der Waals surface area contributed by atoms with E-state index >= 15 is 0 Å². The van der Waals surface area contributed by atoms with Crippen LogP contribution < -0.4 is 25.4 Å². The molecule has 4 N–H and O–H groups in total. The zero-order valence-electron chi connectivity index (χ0n) is 23.4. The minimum Gasteiger partial charge on any atom is -0.497 e. The normalized spacial score (nSPS) is 17.7. The van der Waals surface area contributed by atoms with Crippen LogP contribution in [0.5, 0.6) is 11.5 Å².